The van der Waals surface area contributed by atoms with Crippen molar-refractivity contribution in [1.82, 2.24) is 9.97 Å². The second-order valence-corrected chi connectivity index (χ2v) is 4.23. The third kappa shape index (κ3) is 3.06. The number of aromatic nitrogens is 2. The number of halogens is 1. The zero-order chi connectivity index (χ0) is 13.0. The van der Waals surface area contributed by atoms with E-state index >= 15 is 0 Å². The van der Waals surface area contributed by atoms with Crippen molar-refractivity contribution >= 4 is 29.0 Å². The number of hydrogen-bond acceptors (Lipinski definition) is 6. The molecule has 18 heavy (non-hydrogen) atoms. The van der Waals surface area contributed by atoms with E-state index in [2.05, 4.69) is 20.7 Å². The zero-order valence-electron chi connectivity index (χ0n) is 9.65. The Bertz CT molecular complexity index is 436. The number of amides is 1. The summed E-state index contributed by atoms with van der Waals surface area (Å²) in [5.74, 6) is 5.33. The van der Waals surface area contributed by atoms with E-state index in [9.17, 15) is 4.79 Å². The lowest BCUT2D eigenvalue weighted by molar-refractivity contribution is -0.129. The van der Waals surface area contributed by atoms with E-state index in [1.807, 2.05) is 0 Å². The summed E-state index contributed by atoms with van der Waals surface area (Å²) in [7, 11) is 0. The predicted molar refractivity (Wildman–Crippen MR) is 67.1 cm³/mol. The summed E-state index contributed by atoms with van der Waals surface area (Å²) in [6, 6.07) is 0. The molecule has 0 aromatic carbocycles. The van der Waals surface area contributed by atoms with Crippen molar-refractivity contribution in [2.75, 3.05) is 17.3 Å². The van der Waals surface area contributed by atoms with Crippen molar-refractivity contribution in [3.05, 3.63) is 11.5 Å². The van der Waals surface area contributed by atoms with E-state index in [1.165, 1.54) is 6.20 Å². The molecule has 1 amide bonds. The maximum absolute atomic E-state index is 11.9. The molecule has 2 rings (SSSR count). The van der Waals surface area contributed by atoms with Gasteiger partial charge >= 0.3 is 0 Å². The van der Waals surface area contributed by atoms with Crippen LogP contribution in [0.1, 0.15) is 19.3 Å². The van der Waals surface area contributed by atoms with Crippen LogP contribution in [0.3, 0.4) is 0 Å². The van der Waals surface area contributed by atoms with Crippen LogP contribution < -0.4 is 16.6 Å². The van der Waals surface area contributed by atoms with Crippen LogP contribution >= 0.6 is 11.6 Å². The molecule has 1 unspecified atom stereocenters. The van der Waals surface area contributed by atoms with Gasteiger partial charge in [-0.05, 0) is 30.9 Å². The number of nitrogen functional groups attached to an aromatic ring is 1. The first-order valence-corrected chi connectivity index (χ1v) is 6.00. The lowest BCUT2D eigenvalue weighted by Crippen LogP contribution is -2.33. The average Bonchev–Trinajstić information content (AvgIpc) is 2.41. The number of carbonyl (C=O) groups is 1. The van der Waals surface area contributed by atoms with Crippen molar-refractivity contribution in [3.63, 3.8) is 0 Å². The Kier molecular flexibility index (Phi) is 4.29. The number of hydrazine groups is 1. The number of carbonyl (C=O) groups excluding carboxylic acids is 1. The predicted octanol–water partition coefficient (Wildman–Crippen LogP) is 0.923. The van der Waals surface area contributed by atoms with E-state index in [4.69, 9.17) is 22.2 Å². The molecule has 8 heteroatoms. The summed E-state index contributed by atoms with van der Waals surface area (Å²) in [6.07, 6.45) is 3.65. The van der Waals surface area contributed by atoms with Crippen LogP contribution in [-0.4, -0.2) is 28.6 Å². The minimum Gasteiger partial charge on any atom is -0.368 e. The van der Waals surface area contributed by atoms with Crippen LogP contribution in [0.5, 0.6) is 0 Å². The highest BCUT2D eigenvalue weighted by molar-refractivity contribution is 6.28. The van der Waals surface area contributed by atoms with Gasteiger partial charge in [0, 0.05) is 6.61 Å². The molecule has 1 saturated heterocycles. The Labute approximate surface area is 109 Å². The Morgan fingerprint density at radius 3 is 3.06 bits per heavy atom. The summed E-state index contributed by atoms with van der Waals surface area (Å²) in [5.41, 5.74) is 2.73. The van der Waals surface area contributed by atoms with Crippen LogP contribution in [0.15, 0.2) is 6.20 Å². The first-order valence-electron chi connectivity index (χ1n) is 5.62. The van der Waals surface area contributed by atoms with E-state index < -0.39 is 6.10 Å². The second-order valence-electron chi connectivity index (χ2n) is 3.89. The van der Waals surface area contributed by atoms with Gasteiger partial charge in [-0.1, -0.05) is 0 Å². The Morgan fingerprint density at radius 2 is 2.39 bits per heavy atom. The van der Waals surface area contributed by atoms with E-state index in [0.29, 0.717) is 18.7 Å². The van der Waals surface area contributed by atoms with Crippen molar-refractivity contribution < 1.29 is 9.53 Å². The first kappa shape index (κ1) is 13.0. The van der Waals surface area contributed by atoms with Crippen LogP contribution in [-0.2, 0) is 9.53 Å². The molecule has 2 heterocycles. The fraction of sp³-hybridized carbons (Fsp3) is 0.500. The Morgan fingerprint density at radius 1 is 1.56 bits per heavy atom. The van der Waals surface area contributed by atoms with E-state index in [0.717, 1.165) is 12.8 Å². The maximum Gasteiger partial charge on any atom is 0.253 e. The SMILES string of the molecule is NNc1nc(Cl)ncc1NC(=O)C1CCCCO1. The molecule has 1 aromatic heterocycles. The van der Waals surface area contributed by atoms with Crippen molar-refractivity contribution in [2.24, 2.45) is 5.84 Å². The van der Waals surface area contributed by atoms with Gasteiger partial charge in [0.25, 0.3) is 5.91 Å². The minimum absolute atomic E-state index is 0.0508. The number of nitrogens with zero attached hydrogens (tertiary/aromatic N) is 2. The smallest absolute Gasteiger partial charge is 0.253 e. The lowest BCUT2D eigenvalue weighted by atomic mass is 10.1. The highest BCUT2D eigenvalue weighted by Gasteiger charge is 2.23. The fourth-order valence-electron chi connectivity index (χ4n) is 1.72. The van der Waals surface area contributed by atoms with Crippen molar-refractivity contribution in [1.29, 1.82) is 0 Å². The van der Waals surface area contributed by atoms with E-state index in [-0.39, 0.29) is 17.0 Å². The molecule has 7 nitrogen and oxygen atoms in total. The summed E-state index contributed by atoms with van der Waals surface area (Å²) in [6.45, 7) is 0.608. The summed E-state index contributed by atoms with van der Waals surface area (Å²) in [4.78, 5) is 19.6. The Balaban J connectivity index is 2.06. The molecule has 1 atom stereocenters. The molecule has 0 radical (unpaired) electrons. The monoisotopic (exact) mass is 271 g/mol. The van der Waals surface area contributed by atoms with Gasteiger partial charge in [-0.3, -0.25) is 4.79 Å². The zero-order valence-corrected chi connectivity index (χ0v) is 10.4. The average molecular weight is 272 g/mol. The van der Waals surface area contributed by atoms with Crippen LogP contribution in [0, 0.1) is 0 Å². The summed E-state index contributed by atoms with van der Waals surface area (Å²) < 4.78 is 5.38. The summed E-state index contributed by atoms with van der Waals surface area (Å²) >= 11 is 5.63. The van der Waals surface area contributed by atoms with Gasteiger partial charge in [-0.2, -0.15) is 4.98 Å². The maximum atomic E-state index is 11.9. The molecule has 0 saturated carbocycles. The number of nitrogens with two attached hydrogens (primary N) is 1. The third-order valence-corrected chi connectivity index (χ3v) is 2.81. The minimum atomic E-state index is -0.431. The number of nitrogens with one attached hydrogen (secondary N) is 2. The first-order chi connectivity index (χ1) is 8.70. The van der Waals surface area contributed by atoms with Gasteiger partial charge in [0.05, 0.1) is 6.20 Å². The second kappa shape index (κ2) is 5.94. The molecule has 0 aliphatic carbocycles. The van der Waals surface area contributed by atoms with Gasteiger partial charge in [0.2, 0.25) is 5.28 Å². The largest absolute Gasteiger partial charge is 0.368 e. The number of rotatable bonds is 3. The molecule has 1 aromatic rings. The van der Waals surface area contributed by atoms with Crippen molar-refractivity contribution in [2.45, 2.75) is 25.4 Å². The fourth-order valence-corrected chi connectivity index (χ4v) is 1.86. The molecule has 0 spiro atoms. The number of ether oxygens (including phenoxy) is 1. The molecule has 98 valence electrons. The van der Waals surface area contributed by atoms with Gasteiger partial charge < -0.3 is 15.5 Å². The van der Waals surface area contributed by atoms with Crippen LogP contribution in [0.25, 0.3) is 0 Å². The highest BCUT2D eigenvalue weighted by Crippen LogP contribution is 2.20. The molecule has 1 fully saturated rings. The standard InChI is InChI=1S/C10H14ClN5O2/c11-10-13-5-6(8(15-10)16-12)14-9(17)7-3-1-2-4-18-7/h5,7H,1-4,12H2,(H,14,17)(H,13,15,16). The Hall–Kier alpha value is -1.44. The number of hydrogen-bond donors (Lipinski definition) is 3. The molecule has 4 N–H and O–H groups in total. The third-order valence-electron chi connectivity index (χ3n) is 2.63. The van der Waals surface area contributed by atoms with Gasteiger partial charge in [0.1, 0.15) is 11.8 Å². The van der Waals surface area contributed by atoms with Gasteiger partial charge in [-0.25, -0.2) is 10.8 Å². The molecular formula is C10H14ClN5O2. The van der Waals surface area contributed by atoms with E-state index in [1.54, 1.807) is 0 Å². The summed E-state index contributed by atoms with van der Waals surface area (Å²) in [5, 5.41) is 2.72. The molecule has 0 bridgehead atoms. The normalized spacial score (nSPS) is 19.3. The molecule has 1 aliphatic rings. The van der Waals surface area contributed by atoms with Gasteiger partial charge in [-0.15, -0.1) is 0 Å². The lowest BCUT2D eigenvalue weighted by Gasteiger charge is -2.21. The number of anilines is 2. The van der Waals surface area contributed by atoms with Gasteiger partial charge in [0.15, 0.2) is 5.82 Å². The van der Waals surface area contributed by atoms with Crippen LogP contribution in [0.2, 0.25) is 5.28 Å². The highest BCUT2D eigenvalue weighted by atomic mass is 35.5. The quantitative estimate of drug-likeness (QED) is 0.429. The molecule has 1 aliphatic heterocycles. The van der Waals surface area contributed by atoms with Crippen LogP contribution in [0.4, 0.5) is 11.5 Å². The van der Waals surface area contributed by atoms with Crippen molar-refractivity contribution in [3.8, 4) is 0 Å². The topological polar surface area (TPSA) is 102 Å². The molecular weight excluding hydrogens is 258 g/mol.